The molecule has 9 nitrogen and oxygen atoms in total. The van der Waals surface area contributed by atoms with Crippen LogP contribution in [0.1, 0.15) is 87.0 Å². The molecule has 0 atom stereocenters. The molecule has 10 heteroatoms. The van der Waals surface area contributed by atoms with Gasteiger partial charge >= 0.3 is 6.09 Å². The van der Waals surface area contributed by atoms with Crippen molar-refractivity contribution in [2.24, 2.45) is 0 Å². The van der Waals surface area contributed by atoms with Crippen molar-refractivity contribution in [3.63, 3.8) is 0 Å². The molecule has 0 radical (unpaired) electrons. The fourth-order valence-electron chi connectivity index (χ4n) is 5.17. The van der Waals surface area contributed by atoms with Crippen molar-refractivity contribution in [3.8, 4) is 0 Å². The smallest absolute Gasteiger partial charge is 0.410 e. The number of benzene rings is 1. The van der Waals surface area contributed by atoms with Crippen molar-refractivity contribution >= 4 is 31.3 Å². The van der Waals surface area contributed by atoms with Crippen LogP contribution in [-0.4, -0.2) is 65.0 Å². The highest BCUT2D eigenvalue weighted by atomic mass is 28.3. The van der Waals surface area contributed by atoms with E-state index in [4.69, 9.17) is 9.47 Å². The zero-order valence-electron chi connectivity index (χ0n) is 25.7. The summed E-state index contributed by atoms with van der Waals surface area (Å²) in [4.78, 5) is 31.7. The van der Waals surface area contributed by atoms with Crippen molar-refractivity contribution in [2.75, 3.05) is 25.0 Å². The number of rotatable bonds is 9. The summed E-state index contributed by atoms with van der Waals surface area (Å²) < 4.78 is 12.9. The Kier molecular flexibility index (Phi) is 10.1. The molecule has 41 heavy (non-hydrogen) atoms. The molecule has 1 N–H and O–H groups in total. The van der Waals surface area contributed by atoms with Gasteiger partial charge in [-0.1, -0.05) is 31.8 Å². The van der Waals surface area contributed by atoms with E-state index in [0.717, 1.165) is 49.4 Å². The molecular weight excluding hydrogens is 534 g/mol. The second-order valence-corrected chi connectivity index (χ2v) is 19.1. The number of ether oxygens (including phenoxy) is 2. The largest absolute Gasteiger partial charge is 0.444 e. The number of piperidine rings is 1. The maximum Gasteiger partial charge on any atom is 0.410 e. The van der Waals surface area contributed by atoms with Gasteiger partial charge < -0.3 is 19.7 Å². The molecule has 4 rings (SSSR count). The molecule has 1 fully saturated rings. The van der Waals surface area contributed by atoms with E-state index in [1.54, 1.807) is 11.0 Å². The minimum atomic E-state index is -1.16. The molecule has 0 bridgehead atoms. The molecule has 2 aromatic rings. The normalized spacial score (nSPS) is 16.8. The van der Waals surface area contributed by atoms with Gasteiger partial charge in [0.05, 0.1) is 0 Å². The Balaban J connectivity index is 1.43. The standard InChI is InChI=1S/C31H47N5O4Si/c1-31(2,3)40-30(38)35-16-14-23(15-17-35)25-12-13-27(26(20-25)24-10-8-7-9-11-24)33-29(37)28-32-21-36(34-28)22-39-18-19-41(4,5)6/h10,12-13,20-21,23H,7-9,11,14-19,22H2,1-6H3,(H,33,37). The van der Waals surface area contributed by atoms with Crippen LogP contribution in [0.4, 0.5) is 10.5 Å². The topological polar surface area (TPSA) is 98.6 Å². The van der Waals surface area contributed by atoms with Gasteiger partial charge in [0.25, 0.3) is 5.91 Å². The van der Waals surface area contributed by atoms with Gasteiger partial charge in [-0.3, -0.25) is 4.79 Å². The number of amides is 2. The molecular formula is C31H47N5O4Si. The second-order valence-electron chi connectivity index (χ2n) is 13.4. The van der Waals surface area contributed by atoms with Crippen LogP contribution in [0.2, 0.25) is 25.7 Å². The molecule has 2 aliphatic rings. The first-order chi connectivity index (χ1) is 19.4. The molecule has 2 amide bonds. The summed E-state index contributed by atoms with van der Waals surface area (Å²) in [5.41, 5.74) is 3.87. The van der Waals surface area contributed by atoms with Gasteiger partial charge in [0, 0.05) is 39.0 Å². The Labute approximate surface area is 245 Å². The van der Waals surface area contributed by atoms with Crippen molar-refractivity contribution < 1.29 is 19.1 Å². The van der Waals surface area contributed by atoms with Crippen molar-refractivity contribution in [3.05, 3.63) is 47.6 Å². The van der Waals surface area contributed by atoms with E-state index in [1.807, 2.05) is 31.7 Å². The van der Waals surface area contributed by atoms with E-state index in [2.05, 4.69) is 53.2 Å². The third-order valence-electron chi connectivity index (χ3n) is 7.51. The highest BCUT2D eigenvalue weighted by Gasteiger charge is 2.28. The first-order valence-corrected chi connectivity index (χ1v) is 18.7. The lowest BCUT2D eigenvalue weighted by Gasteiger charge is -2.34. The lowest BCUT2D eigenvalue weighted by molar-refractivity contribution is 0.0204. The van der Waals surface area contributed by atoms with Gasteiger partial charge in [-0.2, -0.15) is 0 Å². The number of anilines is 1. The maximum atomic E-state index is 13.2. The number of likely N-dealkylation sites (tertiary alicyclic amines) is 1. The monoisotopic (exact) mass is 581 g/mol. The summed E-state index contributed by atoms with van der Waals surface area (Å²) in [5.74, 6) is 0.141. The van der Waals surface area contributed by atoms with E-state index >= 15 is 0 Å². The SMILES string of the molecule is CC(C)(C)OC(=O)N1CCC(c2ccc(NC(=O)c3ncn(COCC[Si](C)(C)C)n3)c(C3=CCCCC3)c2)CC1. The highest BCUT2D eigenvalue weighted by Crippen LogP contribution is 2.36. The highest BCUT2D eigenvalue weighted by molar-refractivity contribution is 6.76. The number of nitrogens with one attached hydrogen (secondary N) is 1. The van der Waals surface area contributed by atoms with Crippen LogP contribution in [0, 0.1) is 0 Å². The average Bonchev–Trinajstić information content (AvgIpc) is 3.40. The quantitative estimate of drug-likeness (QED) is 0.255. The van der Waals surface area contributed by atoms with E-state index in [1.165, 1.54) is 17.6 Å². The summed E-state index contributed by atoms with van der Waals surface area (Å²) in [6.45, 7) is 14.9. The Morgan fingerprint density at radius 2 is 1.88 bits per heavy atom. The molecule has 2 heterocycles. The Hall–Kier alpha value is -2.98. The minimum Gasteiger partial charge on any atom is -0.444 e. The minimum absolute atomic E-state index is 0.126. The maximum absolute atomic E-state index is 13.2. The predicted octanol–water partition coefficient (Wildman–Crippen LogP) is 6.91. The van der Waals surface area contributed by atoms with Gasteiger partial charge in [-0.15, -0.1) is 5.10 Å². The third-order valence-corrected chi connectivity index (χ3v) is 9.21. The molecule has 1 aliphatic carbocycles. The number of carbonyl (C=O) groups is 2. The van der Waals surface area contributed by atoms with Crippen molar-refractivity contribution in [1.29, 1.82) is 0 Å². The van der Waals surface area contributed by atoms with Crippen LogP contribution < -0.4 is 5.32 Å². The number of allylic oxidation sites excluding steroid dienone is 2. The van der Waals surface area contributed by atoms with Crippen molar-refractivity contribution in [2.45, 2.75) is 103 Å². The van der Waals surface area contributed by atoms with Gasteiger partial charge in [-0.25, -0.2) is 14.5 Å². The first-order valence-electron chi connectivity index (χ1n) is 15.0. The number of hydrogen-bond donors (Lipinski definition) is 1. The molecule has 1 aromatic heterocycles. The molecule has 0 saturated carbocycles. The van der Waals surface area contributed by atoms with Gasteiger partial charge in [0.15, 0.2) is 0 Å². The summed E-state index contributed by atoms with van der Waals surface area (Å²) in [5, 5.41) is 7.42. The third kappa shape index (κ3) is 9.26. The molecule has 1 aromatic carbocycles. The fourth-order valence-corrected chi connectivity index (χ4v) is 5.93. The molecule has 1 saturated heterocycles. The molecule has 224 valence electrons. The summed E-state index contributed by atoms with van der Waals surface area (Å²) in [7, 11) is -1.16. The van der Waals surface area contributed by atoms with Gasteiger partial charge in [0.1, 0.15) is 18.7 Å². The zero-order valence-corrected chi connectivity index (χ0v) is 26.7. The number of nitrogens with zero attached hydrogens (tertiary/aromatic N) is 4. The van der Waals surface area contributed by atoms with Crippen LogP contribution in [0.15, 0.2) is 30.6 Å². The molecule has 0 spiro atoms. The van der Waals surface area contributed by atoms with Crippen molar-refractivity contribution in [1.82, 2.24) is 19.7 Å². The lowest BCUT2D eigenvalue weighted by Crippen LogP contribution is -2.41. The number of hydrogen-bond acceptors (Lipinski definition) is 6. The van der Waals surface area contributed by atoms with Crippen LogP contribution >= 0.6 is 0 Å². The van der Waals surface area contributed by atoms with Crippen LogP contribution in [-0.2, 0) is 16.2 Å². The Morgan fingerprint density at radius 1 is 1.12 bits per heavy atom. The molecule has 0 unspecified atom stereocenters. The average molecular weight is 582 g/mol. The number of aromatic nitrogens is 3. The predicted molar refractivity (Wildman–Crippen MR) is 165 cm³/mol. The van der Waals surface area contributed by atoms with Crippen LogP contribution in [0.3, 0.4) is 0 Å². The fraction of sp³-hybridized carbons (Fsp3) is 0.613. The second kappa shape index (κ2) is 13.3. The molecule has 1 aliphatic heterocycles. The van der Waals surface area contributed by atoms with Crippen LogP contribution in [0.5, 0.6) is 0 Å². The van der Waals surface area contributed by atoms with Gasteiger partial charge in [0.2, 0.25) is 5.82 Å². The van der Waals surface area contributed by atoms with Crippen LogP contribution in [0.25, 0.3) is 5.57 Å². The number of carbonyl (C=O) groups excluding carboxylic acids is 2. The van der Waals surface area contributed by atoms with E-state index in [-0.39, 0.29) is 24.6 Å². The van der Waals surface area contributed by atoms with E-state index in [0.29, 0.717) is 25.6 Å². The first kappa shape index (κ1) is 31.0. The van der Waals surface area contributed by atoms with Gasteiger partial charge in [-0.05, 0) is 94.5 Å². The zero-order chi connectivity index (χ0) is 29.6. The van der Waals surface area contributed by atoms with E-state index in [9.17, 15) is 9.59 Å². The summed E-state index contributed by atoms with van der Waals surface area (Å²) >= 11 is 0. The Morgan fingerprint density at radius 3 is 2.54 bits per heavy atom. The summed E-state index contributed by atoms with van der Waals surface area (Å²) in [6.07, 6.45) is 9.73. The Bertz CT molecular complexity index is 1240. The summed E-state index contributed by atoms with van der Waals surface area (Å²) in [6, 6.07) is 7.43. The van der Waals surface area contributed by atoms with E-state index < -0.39 is 13.7 Å². The lowest BCUT2D eigenvalue weighted by atomic mass is 9.85.